The van der Waals surface area contributed by atoms with E-state index in [4.69, 9.17) is 28.9 Å². The summed E-state index contributed by atoms with van der Waals surface area (Å²) < 4.78 is 0. The van der Waals surface area contributed by atoms with Gasteiger partial charge in [-0.1, -0.05) is 35.0 Å². The third-order valence-corrected chi connectivity index (χ3v) is 3.67. The molecule has 0 aliphatic heterocycles. The van der Waals surface area contributed by atoms with Crippen molar-refractivity contribution < 1.29 is 0 Å². The van der Waals surface area contributed by atoms with Crippen molar-refractivity contribution in [1.82, 2.24) is 4.98 Å². The van der Waals surface area contributed by atoms with E-state index < -0.39 is 0 Å². The van der Waals surface area contributed by atoms with Gasteiger partial charge in [0, 0.05) is 21.8 Å². The number of hydrogen-bond donors (Lipinski definition) is 1. The fourth-order valence-electron chi connectivity index (χ4n) is 1.16. The molecule has 0 saturated heterocycles. The summed E-state index contributed by atoms with van der Waals surface area (Å²) in [5, 5.41) is 1.97. The van der Waals surface area contributed by atoms with Crippen molar-refractivity contribution in [2.45, 2.75) is 9.92 Å². The Balaban J connectivity index is 2.31. The molecule has 1 aromatic heterocycles. The summed E-state index contributed by atoms with van der Waals surface area (Å²) in [7, 11) is 0. The van der Waals surface area contributed by atoms with Crippen molar-refractivity contribution in [1.29, 1.82) is 0 Å². The zero-order chi connectivity index (χ0) is 11.5. The molecular weight excluding hydrogens is 263 g/mol. The van der Waals surface area contributed by atoms with Crippen LogP contribution in [0.15, 0.2) is 46.5 Å². The van der Waals surface area contributed by atoms with Crippen LogP contribution in [0.4, 0.5) is 5.69 Å². The van der Waals surface area contributed by atoms with Crippen molar-refractivity contribution in [2.75, 3.05) is 5.73 Å². The highest BCUT2D eigenvalue weighted by atomic mass is 35.5. The third kappa shape index (κ3) is 2.61. The van der Waals surface area contributed by atoms with Gasteiger partial charge in [0.25, 0.3) is 0 Å². The van der Waals surface area contributed by atoms with Crippen LogP contribution in [0.25, 0.3) is 0 Å². The lowest BCUT2D eigenvalue weighted by molar-refractivity contribution is 1.13. The lowest BCUT2D eigenvalue weighted by Gasteiger charge is -2.05. The number of hydrogen-bond acceptors (Lipinski definition) is 3. The van der Waals surface area contributed by atoms with Crippen LogP contribution in [-0.2, 0) is 0 Å². The molecular formula is C11H8Cl2N2S. The molecule has 0 bridgehead atoms. The number of anilines is 1. The first kappa shape index (κ1) is 11.6. The number of pyridine rings is 1. The first-order chi connectivity index (χ1) is 7.66. The van der Waals surface area contributed by atoms with Gasteiger partial charge in [-0.25, -0.2) is 4.98 Å². The second-order valence-corrected chi connectivity index (χ2v) is 4.95. The van der Waals surface area contributed by atoms with Crippen LogP contribution in [0.1, 0.15) is 0 Å². The maximum atomic E-state index is 6.01. The number of nitrogens with two attached hydrogens (primary N) is 1. The maximum absolute atomic E-state index is 6.01. The van der Waals surface area contributed by atoms with Gasteiger partial charge in [0.1, 0.15) is 5.03 Å². The lowest BCUT2D eigenvalue weighted by atomic mass is 10.3. The Labute approximate surface area is 108 Å². The average molecular weight is 271 g/mol. The molecule has 2 aromatic rings. The fraction of sp³-hybridized carbons (Fsp3) is 0. The van der Waals surface area contributed by atoms with Crippen molar-refractivity contribution in [3.63, 3.8) is 0 Å². The van der Waals surface area contributed by atoms with Gasteiger partial charge in [0.05, 0.1) is 5.02 Å². The monoisotopic (exact) mass is 270 g/mol. The zero-order valence-corrected chi connectivity index (χ0v) is 10.5. The summed E-state index contributed by atoms with van der Waals surface area (Å²) in [5.74, 6) is 0. The molecule has 0 spiro atoms. The minimum absolute atomic E-state index is 0.613. The maximum Gasteiger partial charge on any atom is 0.119 e. The standard InChI is InChI=1S/C11H8Cl2N2S/c12-7-3-4-10(9(14)6-7)16-11-8(13)2-1-5-15-11/h1-6H,14H2. The van der Waals surface area contributed by atoms with Gasteiger partial charge in [-0.05, 0) is 30.3 Å². The van der Waals surface area contributed by atoms with Crippen LogP contribution in [0.3, 0.4) is 0 Å². The van der Waals surface area contributed by atoms with Gasteiger partial charge in [0.2, 0.25) is 0 Å². The quantitative estimate of drug-likeness (QED) is 0.835. The first-order valence-corrected chi connectivity index (χ1v) is 6.07. The average Bonchev–Trinajstić information content (AvgIpc) is 2.25. The Morgan fingerprint density at radius 2 is 2.00 bits per heavy atom. The molecule has 82 valence electrons. The number of nitrogens with zero attached hydrogens (tertiary/aromatic N) is 1. The van der Waals surface area contributed by atoms with Crippen molar-refractivity contribution in [3.05, 3.63) is 46.6 Å². The Kier molecular flexibility index (Phi) is 3.59. The second-order valence-electron chi connectivity index (χ2n) is 3.07. The molecule has 2 rings (SSSR count). The smallest absolute Gasteiger partial charge is 0.119 e. The predicted molar refractivity (Wildman–Crippen MR) is 69.2 cm³/mol. The van der Waals surface area contributed by atoms with E-state index in [2.05, 4.69) is 4.98 Å². The largest absolute Gasteiger partial charge is 0.398 e. The highest BCUT2D eigenvalue weighted by molar-refractivity contribution is 7.99. The fourth-order valence-corrected chi connectivity index (χ4v) is 2.38. The van der Waals surface area contributed by atoms with Crippen LogP contribution in [0.2, 0.25) is 10.0 Å². The van der Waals surface area contributed by atoms with E-state index in [1.54, 1.807) is 30.5 Å². The highest BCUT2D eigenvalue weighted by Crippen LogP contribution is 2.35. The molecule has 0 radical (unpaired) electrons. The van der Waals surface area contributed by atoms with Gasteiger partial charge >= 0.3 is 0 Å². The van der Waals surface area contributed by atoms with Crippen molar-refractivity contribution in [3.8, 4) is 0 Å². The molecule has 0 amide bonds. The third-order valence-electron chi connectivity index (χ3n) is 1.90. The van der Waals surface area contributed by atoms with Crippen LogP contribution >= 0.6 is 35.0 Å². The molecule has 2 N–H and O–H groups in total. The van der Waals surface area contributed by atoms with Gasteiger partial charge in [-0.3, -0.25) is 0 Å². The summed E-state index contributed by atoms with van der Waals surface area (Å²) in [4.78, 5) is 5.07. The normalized spacial score (nSPS) is 10.4. The summed E-state index contributed by atoms with van der Waals surface area (Å²) in [6.07, 6.45) is 1.69. The molecule has 2 nitrogen and oxygen atoms in total. The summed E-state index contributed by atoms with van der Waals surface area (Å²) in [6, 6.07) is 8.94. The van der Waals surface area contributed by atoms with Crippen molar-refractivity contribution in [2.24, 2.45) is 0 Å². The van der Waals surface area contributed by atoms with E-state index in [-0.39, 0.29) is 0 Å². The van der Waals surface area contributed by atoms with E-state index in [0.29, 0.717) is 15.7 Å². The first-order valence-electron chi connectivity index (χ1n) is 4.50. The van der Waals surface area contributed by atoms with E-state index in [1.165, 1.54) is 11.8 Å². The molecule has 5 heteroatoms. The van der Waals surface area contributed by atoms with E-state index in [1.807, 2.05) is 6.07 Å². The molecule has 1 heterocycles. The Morgan fingerprint density at radius 1 is 1.19 bits per heavy atom. The molecule has 0 fully saturated rings. The van der Waals surface area contributed by atoms with Crippen LogP contribution < -0.4 is 5.73 Å². The molecule has 0 aliphatic carbocycles. The molecule has 0 aliphatic rings. The summed E-state index contributed by atoms with van der Waals surface area (Å²) in [6.45, 7) is 0. The molecule has 16 heavy (non-hydrogen) atoms. The molecule has 0 unspecified atom stereocenters. The number of benzene rings is 1. The molecule has 0 saturated carbocycles. The lowest BCUT2D eigenvalue weighted by Crippen LogP contribution is -1.89. The molecule has 1 aromatic carbocycles. The predicted octanol–water partition coefficient (Wildman–Crippen LogP) is 4.12. The van der Waals surface area contributed by atoms with E-state index in [9.17, 15) is 0 Å². The summed E-state index contributed by atoms with van der Waals surface area (Å²) >= 11 is 13.3. The van der Waals surface area contributed by atoms with Gasteiger partial charge in [-0.2, -0.15) is 0 Å². The SMILES string of the molecule is Nc1cc(Cl)ccc1Sc1ncccc1Cl. The van der Waals surface area contributed by atoms with E-state index >= 15 is 0 Å². The van der Waals surface area contributed by atoms with Crippen LogP contribution in [-0.4, -0.2) is 4.98 Å². The summed E-state index contributed by atoms with van der Waals surface area (Å²) in [5.41, 5.74) is 6.47. The Morgan fingerprint density at radius 3 is 2.69 bits per heavy atom. The van der Waals surface area contributed by atoms with Crippen LogP contribution in [0, 0.1) is 0 Å². The van der Waals surface area contributed by atoms with Gasteiger partial charge in [-0.15, -0.1) is 0 Å². The Bertz CT molecular complexity index is 517. The highest BCUT2D eigenvalue weighted by Gasteiger charge is 2.06. The topological polar surface area (TPSA) is 38.9 Å². The van der Waals surface area contributed by atoms with Gasteiger partial charge < -0.3 is 5.73 Å². The minimum Gasteiger partial charge on any atom is -0.398 e. The molecule has 0 atom stereocenters. The number of nitrogen functional groups attached to an aromatic ring is 1. The second kappa shape index (κ2) is 4.95. The van der Waals surface area contributed by atoms with Crippen molar-refractivity contribution >= 4 is 40.7 Å². The minimum atomic E-state index is 0.613. The number of halogens is 2. The Hall–Kier alpha value is -0.900. The van der Waals surface area contributed by atoms with Crippen LogP contribution in [0.5, 0.6) is 0 Å². The van der Waals surface area contributed by atoms with E-state index in [0.717, 1.165) is 9.92 Å². The van der Waals surface area contributed by atoms with Gasteiger partial charge in [0.15, 0.2) is 0 Å². The number of aromatic nitrogens is 1. The zero-order valence-electron chi connectivity index (χ0n) is 8.15. The number of rotatable bonds is 2.